The Kier molecular flexibility index (Phi) is 25.2. The van der Waals surface area contributed by atoms with Crippen LogP contribution in [-0.4, -0.2) is 4.70 Å². The van der Waals surface area contributed by atoms with Crippen molar-refractivity contribution < 1.29 is 19.1 Å². The maximum atomic E-state index is 12.0. The molecule has 51 heavy (non-hydrogen) atoms. The predicted molar refractivity (Wildman–Crippen MR) is 223 cm³/mol. The van der Waals surface area contributed by atoms with E-state index in [0.29, 0.717) is 0 Å². The van der Waals surface area contributed by atoms with Gasteiger partial charge in [-0.05, 0) is 111 Å². The van der Waals surface area contributed by atoms with E-state index in [0.717, 1.165) is 43.5 Å². The summed E-state index contributed by atoms with van der Waals surface area (Å²) >= 11 is 1.94. The van der Waals surface area contributed by atoms with E-state index in [1.807, 2.05) is 14.4 Å². The van der Waals surface area contributed by atoms with Crippen LogP contribution in [0.25, 0.3) is 16.9 Å². The summed E-state index contributed by atoms with van der Waals surface area (Å²) in [5.74, 6) is 0. The number of unbranched alkanes of at least 4 members (excludes halogenated alkanes) is 11. The molecule has 0 aromatic heterocycles. The Morgan fingerprint density at radius 3 is 1.25 bits per heavy atom. The van der Waals surface area contributed by atoms with Crippen LogP contribution in [0.3, 0.4) is 0 Å². The average molecular weight is 742 g/mol. The molecular weight excluding hydrogens is 663 g/mol. The van der Waals surface area contributed by atoms with Crippen molar-refractivity contribution in [3.63, 3.8) is 0 Å². The molecule has 3 rings (SSSR count). The maximum absolute atomic E-state index is 12.0. The van der Waals surface area contributed by atoms with Crippen LogP contribution in [0.5, 0.6) is 0 Å². The van der Waals surface area contributed by atoms with E-state index in [4.69, 9.17) is 0 Å². The van der Waals surface area contributed by atoms with Gasteiger partial charge in [-0.3, -0.25) is 0 Å². The first-order valence-electron chi connectivity index (χ1n) is 21.6. The summed E-state index contributed by atoms with van der Waals surface area (Å²) in [5, 5.41) is 2.78. The molecule has 0 unspecified atom stereocenters. The van der Waals surface area contributed by atoms with E-state index in [1.54, 1.807) is 4.70 Å². The Hall–Kier alpha value is -1.99. The van der Waals surface area contributed by atoms with Gasteiger partial charge in [-0.25, -0.2) is 4.70 Å². The van der Waals surface area contributed by atoms with Crippen LogP contribution < -0.4 is 0 Å². The van der Waals surface area contributed by atoms with Gasteiger partial charge in [0.15, 0.2) is 0 Å². The summed E-state index contributed by atoms with van der Waals surface area (Å²) in [6.45, 7) is 15.9. The molecule has 0 saturated carbocycles. The molecule has 1 aliphatic rings. The Bertz CT molecular complexity index is 1240. The number of allylic oxidation sites excluding steroid dienone is 2. The third kappa shape index (κ3) is 17.6. The molecule has 290 valence electrons. The summed E-state index contributed by atoms with van der Waals surface area (Å²) in [6.07, 6.45) is 30.6. The Morgan fingerprint density at radius 2 is 0.824 bits per heavy atom. The van der Waals surface area contributed by atoms with E-state index < -0.39 is 0 Å². The van der Waals surface area contributed by atoms with E-state index in [2.05, 4.69) is 90.9 Å². The van der Waals surface area contributed by atoms with Crippen LogP contribution in [0, 0.1) is 0 Å². The van der Waals surface area contributed by atoms with Gasteiger partial charge in [-0.15, -0.1) is 0 Å². The number of hydrogen-bond donors (Lipinski definition) is 0. The molecule has 1 heterocycles. The molecule has 0 saturated heterocycles. The first kappa shape index (κ1) is 45.2. The summed E-state index contributed by atoms with van der Waals surface area (Å²) in [6, 6.07) is 14.3. The summed E-state index contributed by atoms with van der Waals surface area (Å²) in [5.41, 5.74) is 23.2. The van der Waals surface area contributed by atoms with Crippen molar-refractivity contribution in [2.75, 3.05) is 0 Å². The quantitative estimate of drug-likeness (QED) is 0.0495. The summed E-state index contributed by atoms with van der Waals surface area (Å²) < 4.78 is 1.55. The molecule has 0 bridgehead atoms. The fourth-order valence-corrected chi connectivity index (χ4v) is 8.16. The SMILES string of the molecule is CCCCCCCCC1=C(c2cc(CCCC)cc(CCCC)c2)[N+](=[N-])C(c2cc(CCCC)cc(CCCC)c2)=C1.CCC[CH2][Ni][CH2]CCC. The standard InChI is InChI=1S/C40H60N2.2C4H9.Ni/c1-6-11-16-17-18-19-24-36-31-39(37-27-32(20-12-7-2)25-33(28-37)21-13-8-3)42(41)40(36)38-29-34(22-14-9-4)26-35(30-38)23-15-10-5;2*1-3-4-2;/h25-31H,6-24H2,1-5H3;2*1,3-4H2,2H3;. The summed E-state index contributed by atoms with van der Waals surface area (Å²) in [4.78, 5) is 0. The van der Waals surface area contributed by atoms with Gasteiger partial charge in [-0.2, -0.15) is 0 Å². The van der Waals surface area contributed by atoms with E-state index in [-0.39, 0.29) is 0 Å². The minimum absolute atomic E-state index is 0.955. The molecule has 0 aliphatic carbocycles. The van der Waals surface area contributed by atoms with Gasteiger partial charge in [0.2, 0.25) is 11.4 Å². The Labute approximate surface area is 323 Å². The van der Waals surface area contributed by atoms with Crippen molar-refractivity contribution in [2.24, 2.45) is 0 Å². The number of nitrogens with zero attached hydrogens (tertiary/aromatic N) is 2. The van der Waals surface area contributed by atoms with Crippen molar-refractivity contribution >= 4 is 11.4 Å². The molecule has 3 heteroatoms. The van der Waals surface area contributed by atoms with Gasteiger partial charge >= 0.3 is 64.8 Å². The van der Waals surface area contributed by atoms with Gasteiger partial charge in [0.25, 0.3) is 0 Å². The average Bonchev–Trinajstić information content (AvgIpc) is 3.48. The zero-order valence-electron chi connectivity index (χ0n) is 34.4. The molecule has 2 nitrogen and oxygen atoms in total. The fourth-order valence-electron chi connectivity index (χ4n) is 6.72. The molecule has 0 N–H and O–H groups in total. The molecule has 0 atom stereocenters. The minimum atomic E-state index is 0.955. The fraction of sp³-hybridized carbons (Fsp3) is 0.667. The van der Waals surface area contributed by atoms with E-state index in [1.165, 1.54) is 165 Å². The van der Waals surface area contributed by atoms with Crippen molar-refractivity contribution in [3.05, 3.63) is 87.0 Å². The molecule has 0 spiro atoms. The molecule has 0 amide bonds. The van der Waals surface area contributed by atoms with Crippen molar-refractivity contribution in [1.29, 1.82) is 0 Å². The summed E-state index contributed by atoms with van der Waals surface area (Å²) in [7, 11) is 0. The zero-order valence-corrected chi connectivity index (χ0v) is 35.4. The normalized spacial score (nSPS) is 12.8. The second-order valence-corrected chi connectivity index (χ2v) is 16.4. The zero-order chi connectivity index (χ0) is 37.1. The third-order valence-corrected chi connectivity index (χ3v) is 11.4. The second-order valence-electron chi connectivity index (χ2n) is 14.9. The first-order chi connectivity index (χ1) is 25.0. The van der Waals surface area contributed by atoms with Crippen molar-refractivity contribution in [2.45, 2.75) is 207 Å². The van der Waals surface area contributed by atoms with Crippen LogP contribution in [0.1, 0.15) is 204 Å². The number of aryl methyl sites for hydroxylation is 4. The van der Waals surface area contributed by atoms with Crippen molar-refractivity contribution in [1.82, 2.24) is 0 Å². The topological polar surface area (TPSA) is 25.3 Å². The molecule has 0 fully saturated rings. The number of hydrogen-bond acceptors (Lipinski definition) is 0. The van der Waals surface area contributed by atoms with Crippen LogP contribution in [-0.2, 0) is 40.1 Å². The molecule has 2 aromatic carbocycles. The van der Waals surface area contributed by atoms with Gasteiger partial charge < -0.3 is 5.53 Å². The van der Waals surface area contributed by atoms with Crippen LogP contribution >= 0.6 is 0 Å². The van der Waals surface area contributed by atoms with Crippen LogP contribution in [0.2, 0.25) is 10.8 Å². The molecular formula is C48H78N2Ni. The monoisotopic (exact) mass is 741 g/mol. The first-order valence-corrected chi connectivity index (χ1v) is 23.0. The Balaban J connectivity index is 0.000000880. The van der Waals surface area contributed by atoms with Gasteiger partial charge in [0.05, 0.1) is 0 Å². The van der Waals surface area contributed by atoms with Crippen molar-refractivity contribution in [3.8, 4) is 0 Å². The van der Waals surface area contributed by atoms with Gasteiger partial charge in [0, 0.05) is 22.8 Å². The Morgan fingerprint density at radius 1 is 0.431 bits per heavy atom. The number of benzene rings is 2. The van der Waals surface area contributed by atoms with Gasteiger partial charge in [0.1, 0.15) is 0 Å². The van der Waals surface area contributed by atoms with Crippen LogP contribution in [0.15, 0.2) is 48.0 Å². The van der Waals surface area contributed by atoms with E-state index >= 15 is 0 Å². The van der Waals surface area contributed by atoms with Crippen LogP contribution in [0.4, 0.5) is 0 Å². The number of rotatable bonds is 27. The van der Waals surface area contributed by atoms with E-state index in [9.17, 15) is 5.53 Å². The van der Waals surface area contributed by atoms with Gasteiger partial charge in [-0.1, -0.05) is 105 Å². The molecule has 2 aromatic rings. The molecule has 1 aliphatic heterocycles. The predicted octanol–water partition coefficient (Wildman–Crippen LogP) is 16.1. The molecule has 0 radical (unpaired) electrons. The second kappa shape index (κ2) is 28.5. The third-order valence-electron chi connectivity index (χ3n) is 9.96.